The quantitative estimate of drug-likeness (QED) is 0.800. The maximum Gasteiger partial charge on any atom is 0.222 e. The summed E-state index contributed by atoms with van der Waals surface area (Å²) in [6, 6.07) is 10.2. The summed E-state index contributed by atoms with van der Waals surface area (Å²) in [7, 11) is 1.57. The summed E-state index contributed by atoms with van der Waals surface area (Å²) >= 11 is 0. The zero-order valence-corrected chi connectivity index (χ0v) is 12.8. The van der Waals surface area contributed by atoms with Crippen molar-refractivity contribution in [2.75, 3.05) is 13.7 Å². The fourth-order valence-corrected chi connectivity index (χ4v) is 2.07. The highest BCUT2D eigenvalue weighted by atomic mass is 16.5. The molecule has 0 saturated carbocycles. The second-order valence-corrected chi connectivity index (χ2v) is 5.67. The molecule has 0 aliphatic heterocycles. The van der Waals surface area contributed by atoms with Crippen molar-refractivity contribution in [3.05, 3.63) is 35.9 Å². The van der Waals surface area contributed by atoms with E-state index in [4.69, 9.17) is 10.5 Å². The smallest absolute Gasteiger partial charge is 0.222 e. The third-order valence-corrected chi connectivity index (χ3v) is 3.99. The van der Waals surface area contributed by atoms with Gasteiger partial charge < -0.3 is 15.8 Å². The summed E-state index contributed by atoms with van der Waals surface area (Å²) in [6.07, 6.45) is 0.0735. The van der Waals surface area contributed by atoms with Crippen molar-refractivity contribution in [3.63, 3.8) is 0 Å². The second kappa shape index (κ2) is 7.41. The molecule has 1 amide bonds. The molecule has 0 heterocycles. The molecule has 0 bridgehead atoms. The lowest BCUT2D eigenvalue weighted by atomic mass is 9.78. The van der Waals surface area contributed by atoms with E-state index in [1.54, 1.807) is 7.11 Å². The normalized spacial score (nSPS) is 14.7. The van der Waals surface area contributed by atoms with Gasteiger partial charge in [-0.05, 0) is 12.5 Å². The molecule has 3 N–H and O–H groups in total. The number of rotatable bonds is 7. The van der Waals surface area contributed by atoms with Crippen LogP contribution in [0.25, 0.3) is 0 Å². The van der Waals surface area contributed by atoms with Crippen molar-refractivity contribution in [2.45, 2.75) is 44.8 Å². The summed E-state index contributed by atoms with van der Waals surface area (Å²) in [5.41, 5.74) is 6.60. The lowest BCUT2D eigenvalue weighted by Crippen LogP contribution is -2.46. The van der Waals surface area contributed by atoms with E-state index in [-0.39, 0.29) is 23.5 Å². The van der Waals surface area contributed by atoms with Gasteiger partial charge in [0.15, 0.2) is 0 Å². The highest BCUT2D eigenvalue weighted by molar-refractivity contribution is 5.77. The summed E-state index contributed by atoms with van der Waals surface area (Å²) in [5, 5.41) is 3.04. The van der Waals surface area contributed by atoms with Gasteiger partial charge in [-0.3, -0.25) is 4.79 Å². The molecule has 0 saturated heterocycles. The minimum Gasteiger partial charge on any atom is -0.380 e. The number of hydrogen-bond donors (Lipinski definition) is 2. The Morgan fingerprint density at radius 1 is 1.35 bits per heavy atom. The van der Waals surface area contributed by atoms with Gasteiger partial charge in [0.25, 0.3) is 0 Å². The Morgan fingerprint density at radius 3 is 2.45 bits per heavy atom. The van der Waals surface area contributed by atoms with E-state index in [0.717, 1.165) is 0 Å². The van der Waals surface area contributed by atoms with E-state index in [9.17, 15) is 4.79 Å². The minimum absolute atomic E-state index is 0.0210. The molecule has 2 unspecified atom stereocenters. The molecule has 0 fully saturated rings. The van der Waals surface area contributed by atoms with Gasteiger partial charge in [0.2, 0.25) is 5.91 Å². The standard InChI is InChI=1S/C16H26N2O2/c1-12(18-15(19)10-14(11-17)20-4)16(2,3)13-8-6-5-7-9-13/h5-9,12,14H,10-11,17H2,1-4H3,(H,18,19). The molecular formula is C16H26N2O2. The Hall–Kier alpha value is -1.39. The Labute approximate surface area is 121 Å². The molecule has 1 rings (SSSR count). The summed E-state index contributed by atoms with van der Waals surface area (Å²) < 4.78 is 5.14. The lowest BCUT2D eigenvalue weighted by molar-refractivity contribution is -0.124. The molecule has 0 aliphatic rings. The molecular weight excluding hydrogens is 252 g/mol. The van der Waals surface area contributed by atoms with Crippen LogP contribution in [-0.2, 0) is 14.9 Å². The number of methoxy groups -OCH3 is 1. The molecule has 112 valence electrons. The van der Waals surface area contributed by atoms with Crippen LogP contribution in [0.1, 0.15) is 32.8 Å². The second-order valence-electron chi connectivity index (χ2n) is 5.67. The maximum absolute atomic E-state index is 12.0. The third-order valence-electron chi connectivity index (χ3n) is 3.99. The van der Waals surface area contributed by atoms with Gasteiger partial charge >= 0.3 is 0 Å². The van der Waals surface area contributed by atoms with Crippen LogP contribution < -0.4 is 11.1 Å². The van der Waals surface area contributed by atoms with Crippen LogP contribution in [0.4, 0.5) is 0 Å². The zero-order chi connectivity index (χ0) is 15.2. The number of amides is 1. The van der Waals surface area contributed by atoms with E-state index in [1.165, 1.54) is 5.56 Å². The predicted molar refractivity (Wildman–Crippen MR) is 81.5 cm³/mol. The highest BCUT2D eigenvalue weighted by Gasteiger charge is 2.29. The predicted octanol–water partition coefficient (Wildman–Crippen LogP) is 1.83. The van der Waals surface area contributed by atoms with Crippen LogP contribution in [0.5, 0.6) is 0 Å². The first-order valence-corrected chi connectivity index (χ1v) is 6.99. The van der Waals surface area contributed by atoms with Crippen molar-refractivity contribution < 1.29 is 9.53 Å². The number of carbonyl (C=O) groups excluding carboxylic acids is 1. The van der Waals surface area contributed by atoms with Gasteiger partial charge in [0.05, 0.1) is 12.5 Å². The zero-order valence-electron chi connectivity index (χ0n) is 12.8. The molecule has 20 heavy (non-hydrogen) atoms. The van der Waals surface area contributed by atoms with E-state index < -0.39 is 0 Å². The summed E-state index contributed by atoms with van der Waals surface area (Å²) in [6.45, 7) is 6.63. The maximum atomic E-state index is 12.0. The molecule has 1 aromatic carbocycles. The minimum atomic E-state index is -0.220. The fourth-order valence-electron chi connectivity index (χ4n) is 2.07. The number of ether oxygens (including phenoxy) is 1. The lowest BCUT2D eigenvalue weighted by Gasteiger charge is -2.33. The highest BCUT2D eigenvalue weighted by Crippen LogP contribution is 2.26. The largest absolute Gasteiger partial charge is 0.380 e. The SMILES string of the molecule is COC(CN)CC(=O)NC(C)C(C)(C)c1ccccc1. The van der Waals surface area contributed by atoms with Gasteiger partial charge in [0, 0.05) is 25.1 Å². The molecule has 0 radical (unpaired) electrons. The monoisotopic (exact) mass is 278 g/mol. The molecule has 2 atom stereocenters. The van der Waals surface area contributed by atoms with Crippen molar-refractivity contribution in [3.8, 4) is 0 Å². The van der Waals surface area contributed by atoms with Crippen molar-refractivity contribution in [1.82, 2.24) is 5.32 Å². The van der Waals surface area contributed by atoms with Gasteiger partial charge in [-0.15, -0.1) is 0 Å². The number of benzene rings is 1. The Morgan fingerprint density at radius 2 is 1.95 bits per heavy atom. The van der Waals surface area contributed by atoms with E-state index in [0.29, 0.717) is 13.0 Å². The fraction of sp³-hybridized carbons (Fsp3) is 0.562. The first kappa shape index (κ1) is 16.7. The summed E-state index contributed by atoms with van der Waals surface area (Å²) in [5.74, 6) is -0.0289. The first-order valence-electron chi connectivity index (χ1n) is 6.99. The van der Waals surface area contributed by atoms with E-state index in [2.05, 4.69) is 31.3 Å². The van der Waals surface area contributed by atoms with Crippen LogP contribution in [0.3, 0.4) is 0 Å². The van der Waals surface area contributed by atoms with Gasteiger partial charge in [-0.2, -0.15) is 0 Å². The van der Waals surface area contributed by atoms with Crippen LogP contribution in [0, 0.1) is 0 Å². The number of hydrogen-bond acceptors (Lipinski definition) is 3. The van der Waals surface area contributed by atoms with Gasteiger partial charge in [0.1, 0.15) is 0 Å². The van der Waals surface area contributed by atoms with Gasteiger partial charge in [-0.1, -0.05) is 44.2 Å². The van der Waals surface area contributed by atoms with Crippen molar-refractivity contribution in [2.24, 2.45) is 5.73 Å². The van der Waals surface area contributed by atoms with Crippen molar-refractivity contribution in [1.29, 1.82) is 0 Å². The number of carbonyl (C=O) groups is 1. The number of nitrogens with one attached hydrogen (secondary N) is 1. The van der Waals surface area contributed by atoms with Crippen LogP contribution in [-0.4, -0.2) is 31.7 Å². The Balaban J connectivity index is 2.66. The number of nitrogens with two attached hydrogens (primary N) is 1. The Kier molecular flexibility index (Phi) is 6.17. The third kappa shape index (κ3) is 4.32. The van der Waals surface area contributed by atoms with E-state index >= 15 is 0 Å². The summed E-state index contributed by atoms with van der Waals surface area (Å²) in [4.78, 5) is 12.0. The molecule has 4 nitrogen and oxygen atoms in total. The Bertz CT molecular complexity index is 414. The van der Waals surface area contributed by atoms with Crippen molar-refractivity contribution >= 4 is 5.91 Å². The first-order chi connectivity index (χ1) is 9.41. The average molecular weight is 278 g/mol. The van der Waals surface area contributed by atoms with Crippen LogP contribution in [0.15, 0.2) is 30.3 Å². The van der Waals surface area contributed by atoms with E-state index in [1.807, 2.05) is 25.1 Å². The molecule has 4 heteroatoms. The van der Waals surface area contributed by atoms with Crippen LogP contribution in [0.2, 0.25) is 0 Å². The molecule has 1 aromatic rings. The molecule has 0 aromatic heterocycles. The average Bonchev–Trinajstić information content (AvgIpc) is 2.45. The van der Waals surface area contributed by atoms with Gasteiger partial charge in [-0.25, -0.2) is 0 Å². The molecule has 0 aliphatic carbocycles. The van der Waals surface area contributed by atoms with Crippen LogP contribution >= 0.6 is 0 Å². The molecule has 0 spiro atoms. The topological polar surface area (TPSA) is 64.3 Å².